The number of halogens is 2. The number of rotatable bonds is 0. The summed E-state index contributed by atoms with van der Waals surface area (Å²) in [5.74, 6) is 0. The summed E-state index contributed by atoms with van der Waals surface area (Å²) in [7, 11) is 1.86. The van der Waals surface area contributed by atoms with Gasteiger partial charge in [-0.05, 0) is 0 Å². The van der Waals surface area contributed by atoms with E-state index in [4.69, 9.17) is 0 Å². The molecule has 0 aliphatic carbocycles. The molecule has 2 radical (unpaired) electrons. The van der Waals surface area contributed by atoms with Gasteiger partial charge in [0.15, 0.2) is 0 Å². The standard InChI is InChI=1S/2C9H7.C6H5.CH5Si.2ClH.Zr/c2*1-2-5-9-7-3-6-8(9)4-1;1-2-4-6-5-3-1;1-2;;;/h2*1-7H;1-5H;2H2,1H3;2*1H;/q3*-1;;;;+3. The van der Waals surface area contributed by atoms with Crippen LogP contribution in [0.4, 0.5) is 0 Å². The molecular formula is C25H26Cl2SiZr. The zero-order valence-corrected chi connectivity index (χ0v) is 22.0. The Morgan fingerprint density at radius 3 is 1.31 bits per heavy atom. The SMILES string of the molecule is C[SiH2].Cl.Cl.[Zr+3].[c-]1ccccc1.c1ccc2[cH-]ccc2c1.c1ccc2[cH-]ccc2c1. The average molecular weight is 517 g/mol. The molecule has 0 spiro atoms. The van der Waals surface area contributed by atoms with Crippen molar-refractivity contribution in [1.29, 1.82) is 0 Å². The molecule has 0 fully saturated rings. The number of hydrogen-bond acceptors (Lipinski definition) is 0. The molecule has 0 N–H and O–H groups in total. The summed E-state index contributed by atoms with van der Waals surface area (Å²) in [4.78, 5) is 0. The van der Waals surface area contributed by atoms with Crippen molar-refractivity contribution < 1.29 is 26.2 Å². The molecule has 0 aliphatic rings. The van der Waals surface area contributed by atoms with Gasteiger partial charge in [-0.2, -0.15) is 71.4 Å². The predicted octanol–water partition coefficient (Wildman–Crippen LogP) is 7.11. The molecule has 0 nitrogen and oxygen atoms in total. The van der Waals surface area contributed by atoms with Gasteiger partial charge in [-0.1, -0.05) is 18.7 Å². The molecule has 0 saturated heterocycles. The second-order valence-corrected chi connectivity index (χ2v) is 5.39. The van der Waals surface area contributed by atoms with E-state index >= 15 is 0 Å². The van der Waals surface area contributed by atoms with Crippen molar-refractivity contribution in [2.24, 2.45) is 0 Å². The summed E-state index contributed by atoms with van der Waals surface area (Å²) < 4.78 is 0. The third kappa shape index (κ3) is 10.8. The van der Waals surface area contributed by atoms with Crippen molar-refractivity contribution in [2.75, 3.05) is 0 Å². The third-order valence-corrected chi connectivity index (χ3v) is 3.70. The first kappa shape index (κ1) is 29.8. The van der Waals surface area contributed by atoms with Crippen molar-refractivity contribution in [3.63, 3.8) is 0 Å². The smallest absolute Gasteiger partial charge is 0.184 e. The van der Waals surface area contributed by atoms with Crippen LogP contribution in [0.5, 0.6) is 0 Å². The van der Waals surface area contributed by atoms with Gasteiger partial charge < -0.3 is 0 Å². The summed E-state index contributed by atoms with van der Waals surface area (Å²) in [6, 6.07) is 41.8. The summed E-state index contributed by atoms with van der Waals surface area (Å²) >= 11 is 0. The van der Waals surface area contributed by atoms with Gasteiger partial charge in [-0.25, -0.2) is 0 Å². The minimum atomic E-state index is 0. The quantitative estimate of drug-likeness (QED) is 0.152. The van der Waals surface area contributed by atoms with Gasteiger partial charge in [0.25, 0.3) is 0 Å². The van der Waals surface area contributed by atoms with E-state index in [1.807, 2.05) is 47.1 Å². The molecular weight excluding hydrogens is 490 g/mol. The van der Waals surface area contributed by atoms with Crippen molar-refractivity contribution in [3.8, 4) is 0 Å². The molecule has 0 aliphatic heterocycles. The normalized spacial score (nSPS) is 8.21. The van der Waals surface area contributed by atoms with Crippen LogP contribution in [0.15, 0.2) is 115 Å². The predicted molar refractivity (Wildman–Crippen MR) is 133 cm³/mol. The van der Waals surface area contributed by atoms with Gasteiger partial charge in [-0.15, -0.1) is 84.1 Å². The van der Waals surface area contributed by atoms with E-state index in [0.29, 0.717) is 0 Å². The summed E-state index contributed by atoms with van der Waals surface area (Å²) in [6.45, 7) is 2.03. The van der Waals surface area contributed by atoms with Crippen molar-refractivity contribution in [2.45, 2.75) is 6.55 Å². The summed E-state index contributed by atoms with van der Waals surface area (Å²) in [6.07, 6.45) is 0. The number of benzene rings is 3. The Labute approximate surface area is 209 Å². The molecule has 0 unspecified atom stereocenters. The maximum atomic E-state index is 2.89. The Hall–Kier alpha value is -1.44. The van der Waals surface area contributed by atoms with Gasteiger partial charge in [-0.3, -0.25) is 0 Å². The van der Waals surface area contributed by atoms with E-state index in [1.54, 1.807) is 0 Å². The van der Waals surface area contributed by atoms with Gasteiger partial charge in [0, 0.05) is 10.2 Å². The monoisotopic (exact) mass is 514 g/mol. The fraction of sp³-hybridized carbons (Fsp3) is 0.0400. The van der Waals surface area contributed by atoms with E-state index in [-0.39, 0.29) is 51.0 Å². The number of fused-ring (bicyclic) bond motifs is 2. The van der Waals surface area contributed by atoms with Crippen molar-refractivity contribution >= 4 is 56.6 Å². The van der Waals surface area contributed by atoms with Crippen molar-refractivity contribution in [3.05, 3.63) is 121 Å². The molecule has 148 valence electrons. The Morgan fingerprint density at radius 2 is 1.00 bits per heavy atom. The zero-order valence-electron chi connectivity index (χ0n) is 16.5. The Morgan fingerprint density at radius 1 is 0.586 bits per heavy atom. The molecule has 0 bridgehead atoms. The fourth-order valence-corrected chi connectivity index (χ4v) is 2.48. The number of hydrogen-bond donors (Lipinski definition) is 0. The van der Waals surface area contributed by atoms with E-state index in [9.17, 15) is 0 Å². The summed E-state index contributed by atoms with van der Waals surface area (Å²) in [5, 5.41) is 5.32. The molecule has 0 aromatic heterocycles. The first-order valence-electron chi connectivity index (χ1n) is 8.76. The van der Waals surface area contributed by atoms with Gasteiger partial charge in [0.05, 0.1) is 0 Å². The Balaban J connectivity index is 0. The molecule has 0 amide bonds. The van der Waals surface area contributed by atoms with Crippen LogP contribution in [-0.4, -0.2) is 10.2 Å². The molecule has 0 saturated carbocycles. The molecule has 0 atom stereocenters. The van der Waals surface area contributed by atoms with E-state index < -0.39 is 0 Å². The van der Waals surface area contributed by atoms with Gasteiger partial charge >= 0.3 is 26.2 Å². The van der Waals surface area contributed by atoms with Crippen LogP contribution in [0, 0.1) is 6.07 Å². The molecule has 5 rings (SSSR count). The third-order valence-electron chi connectivity index (χ3n) is 3.70. The second kappa shape index (κ2) is 18.6. The van der Waals surface area contributed by atoms with Crippen LogP contribution in [0.2, 0.25) is 6.55 Å². The maximum absolute atomic E-state index is 2.89. The Bertz CT molecular complexity index is 824. The van der Waals surface area contributed by atoms with Crippen molar-refractivity contribution in [1.82, 2.24) is 0 Å². The molecule has 5 aromatic rings. The minimum absolute atomic E-state index is 0. The molecule has 4 heteroatoms. The van der Waals surface area contributed by atoms with Crippen LogP contribution in [-0.2, 0) is 26.2 Å². The van der Waals surface area contributed by atoms with Crippen LogP contribution >= 0.6 is 24.8 Å². The van der Waals surface area contributed by atoms with E-state index in [0.717, 1.165) is 0 Å². The average Bonchev–Trinajstić information content (AvgIpc) is 3.41. The van der Waals surface area contributed by atoms with Gasteiger partial charge in [0.1, 0.15) is 0 Å². The van der Waals surface area contributed by atoms with E-state index in [1.165, 1.54) is 21.5 Å². The largest absolute Gasteiger partial charge is 3.00 e. The van der Waals surface area contributed by atoms with Crippen LogP contribution in [0.1, 0.15) is 0 Å². The first-order chi connectivity index (χ1) is 12.9. The molecule has 0 heterocycles. The second-order valence-electron chi connectivity index (χ2n) is 5.39. The van der Waals surface area contributed by atoms with Crippen LogP contribution < -0.4 is 0 Å². The Kier molecular flexibility index (Phi) is 19.1. The zero-order chi connectivity index (χ0) is 18.5. The van der Waals surface area contributed by atoms with Crippen LogP contribution in [0.3, 0.4) is 0 Å². The van der Waals surface area contributed by atoms with Gasteiger partial charge in [0.2, 0.25) is 0 Å². The topological polar surface area (TPSA) is 0 Å². The van der Waals surface area contributed by atoms with Crippen LogP contribution in [0.25, 0.3) is 21.5 Å². The minimum Gasteiger partial charge on any atom is -0.184 e. The summed E-state index contributed by atoms with van der Waals surface area (Å²) in [5.41, 5.74) is 0. The van der Waals surface area contributed by atoms with E-state index in [2.05, 4.69) is 91.0 Å². The fourth-order valence-electron chi connectivity index (χ4n) is 2.48. The molecule has 5 aromatic carbocycles. The first-order valence-corrected chi connectivity index (χ1v) is 10.2. The maximum Gasteiger partial charge on any atom is 3.00 e. The molecule has 29 heavy (non-hydrogen) atoms.